The normalized spacial score (nSPS) is 21.2. The van der Waals surface area contributed by atoms with Crippen LogP contribution in [0, 0.1) is 5.82 Å². The van der Waals surface area contributed by atoms with Crippen molar-refractivity contribution in [1.82, 2.24) is 0 Å². The standard InChI is InChI=1S/C11H13FO3S/c12-9-3-5-11(6-4-9)16(13,14)8-10-2-1-7-15-10/h3-6,10H,1-2,7-8H2. The summed E-state index contributed by atoms with van der Waals surface area (Å²) in [6, 6.07) is 4.89. The smallest absolute Gasteiger partial charge is 0.180 e. The molecular weight excluding hydrogens is 231 g/mol. The molecule has 1 fully saturated rings. The van der Waals surface area contributed by atoms with Gasteiger partial charge < -0.3 is 4.74 Å². The topological polar surface area (TPSA) is 43.4 Å². The molecule has 2 rings (SSSR count). The maximum atomic E-state index is 12.7. The van der Waals surface area contributed by atoms with E-state index in [2.05, 4.69) is 0 Å². The Balaban J connectivity index is 2.14. The molecule has 0 spiro atoms. The quantitative estimate of drug-likeness (QED) is 0.761. The first-order valence-electron chi connectivity index (χ1n) is 5.18. The second-order valence-corrected chi connectivity index (χ2v) is 5.90. The molecule has 1 aliphatic rings. The monoisotopic (exact) mass is 244 g/mol. The molecule has 88 valence electrons. The third-order valence-electron chi connectivity index (χ3n) is 2.60. The van der Waals surface area contributed by atoms with Crippen molar-refractivity contribution >= 4 is 9.84 Å². The molecule has 1 unspecified atom stereocenters. The third kappa shape index (κ3) is 2.59. The first-order valence-corrected chi connectivity index (χ1v) is 6.83. The van der Waals surface area contributed by atoms with Crippen LogP contribution in [-0.2, 0) is 14.6 Å². The zero-order valence-electron chi connectivity index (χ0n) is 8.73. The molecule has 1 heterocycles. The Kier molecular flexibility index (Phi) is 3.25. The molecule has 0 aromatic heterocycles. The van der Waals surface area contributed by atoms with Gasteiger partial charge in [-0.05, 0) is 37.1 Å². The average molecular weight is 244 g/mol. The van der Waals surface area contributed by atoms with Gasteiger partial charge in [-0.2, -0.15) is 0 Å². The van der Waals surface area contributed by atoms with Gasteiger partial charge in [-0.25, -0.2) is 12.8 Å². The maximum Gasteiger partial charge on any atom is 0.180 e. The van der Waals surface area contributed by atoms with Gasteiger partial charge in [0.2, 0.25) is 0 Å². The summed E-state index contributed by atoms with van der Waals surface area (Å²) in [5, 5.41) is 0. The molecule has 0 bridgehead atoms. The molecule has 1 saturated heterocycles. The van der Waals surface area contributed by atoms with E-state index in [0.717, 1.165) is 25.0 Å². The van der Waals surface area contributed by atoms with Crippen LogP contribution in [0.4, 0.5) is 4.39 Å². The van der Waals surface area contributed by atoms with Crippen LogP contribution in [0.3, 0.4) is 0 Å². The summed E-state index contributed by atoms with van der Waals surface area (Å²) in [6.45, 7) is 0.629. The van der Waals surface area contributed by atoms with Crippen LogP contribution >= 0.6 is 0 Å². The van der Waals surface area contributed by atoms with Crippen molar-refractivity contribution in [2.45, 2.75) is 23.8 Å². The van der Waals surface area contributed by atoms with Gasteiger partial charge in [-0.3, -0.25) is 0 Å². The van der Waals surface area contributed by atoms with Crippen LogP contribution < -0.4 is 0 Å². The van der Waals surface area contributed by atoms with Crippen molar-refractivity contribution in [2.24, 2.45) is 0 Å². The van der Waals surface area contributed by atoms with Crippen LogP contribution in [0.2, 0.25) is 0 Å². The highest BCUT2D eigenvalue weighted by molar-refractivity contribution is 7.91. The number of hydrogen-bond donors (Lipinski definition) is 0. The van der Waals surface area contributed by atoms with Gasteiger partial charge in [0, 0.05) is 6.61 Å². The summed E-state index contributed by atoms with van der Waals surface area (Å²) in [7, 11) is -3.35. The van der Waals surface area contributed by atoms with E-state index in [1.54, 1.807) is 0 Å². The fourth-order valence-corrected chi connectivity index (χ4v) is 3.25. The number of benzene rings is 1. The molecule has 0 saturated carbocycles. The number of halogens is 1. The third-order valence-corrected chi connectivity index (χ3v) is 4.40. The highest BCUT2D eigenvalue weighted by Gasteiger charge is 2.24. The zero-order valence-corrected chi connectivity index (χ0v) is 9.54. The molecule has 1 aromatic carbocycles. The van der Waals surface area contributed by atoms with Gasteiger partial charge in [0.05, 0.1) is 16.8 Å². The predicted molar refractivity (Wildman–Crippen MR) is 57.4 cm³/mol. The van der Waals surface area contributed by atoms with E-state index in [-0.39, 0.29) is 16.8 Å². The molecule has 0 radical (unpaired) electrons. The molecule has 16 heavy (non-hydrogen) atoms. The molecule has 0 aliphatic carbocycles. The van der Waals surface area contributed by atoms with Gasteiger partial charge in [-0.15, -0.1) is 0 Å². The summed E-state index contributed by atoms with van der Waals surface area (Å²) in [6.07, 6.45) is 1.47. The van der Waals surface area contributed by atoms with E-state index in [4.69, 9.17) is 4.74 Å². The Morgan fingerprint density at radius 3 is 2.56 bits per heavy atom. The Morgan fingerprint density at radius 2 is 2.00 bits per heavy atom. The molecule has 1 aromatic rings. The van der Waals surface area contributed by atoms with Crippen LogP contribution in [0.15, 0.2) is 29.2 Å². The number of sulfone groups is 1. The van der Waals surface area contributed by atoms with Gasteiger partial charge in [0.15, 0.2) is 9.84 Å². The first-order chi connectivity index (χ1) is 7.58. The van der Waals surface area contributed by atoms with Gasteiger partial charge in [0.25, 0.3) is 0 Å². The van der Waals surface area contributed by atoms with E-state index in [1.807, 2.05) is 0 Å². The van der Waals surface area contributed by atoms with Crippen molar-refractivity contribution in [3.05, 3.63) is 30.1 Å². The summed E-state index contributed by atoms with van der Waals surface area (Å²) in [5.74, 6) is -0.449. The highest BCUT2D eigenvalue weighted by atomic mass is 32.2. The fourth-order valence-electron chi connectivity index (χ4n) is 1.76. The summed E-state index contributed by atoms with van der Waals surface area (Å²) in [4.78, 5) is 0.157. The minimum absolute atomic E-state index is 0.0152. The summed E-state index contributed by atoms with van der Waals surface area (Å²) >= 11 is 0. The molecular formula is C11H13FO3S. The predicted octanol–water partition coefficient (Wildman–Crippen LogP) is 1.78. The van der Waals surface area contributed by atoms with E-state index in [0.29, 0.717) is 6.61 Å². The lowest BCUT2D eigenvalue weighted by Crippen LogP contribution is -2.20. The van der Waals surface area contributed by atoms with Gasteiger partial charge in [0.1, 0.15) is 5.82 Å². The molecule has 5 heteroatoms. The van der Waals surface area contributed by atoms with Crippen molar-refractivity contribution in [3.63, 3.8) is 0 Å². The molecule has 1 atom stereocenters. The van der Waals surface area contributed by atoms with Crippen LogP contribution in [0.1, 0.15) is 12.8 Å². The zero-order chi connectivity index (χ0) is 11.6. The molecule has 1 aliphatic heterocycles. The largest absolute Gasteiger partial charge is 0.377 e. The Hall–Kier alpha value is -0.940. The molecule has 0 N–H and O–H groups in total. The lowest BCUT2D eigenvalue weighted by molar-refractivity contribution is 0.127. The number of ether oxygens (including phenoxy) is 1. The van der Waals surface area contributed by atoms with Crippen molar-refractivity contribution in [3.8, 4) is 0 Å². The minimum atomic E-state index is -3.35. The Bertz CT molecular complexity index is 447. The van der Waals surface area contributed by atoms with E-state index < -0.39 is 15.7 Å². The molecule has 3 nitrogen and oxygen atoms in total. The SMILES string of the molecule is O=S(=O)(CC1CCCO1)c1ccc(F)cc1. The first kappa shape index (κ1) is 11.5. The fraction of sp³-hybridized carbons (Fsp3) is 0.455. The van der Waals surface area contributed by atoms with Gasteiger partial charge >= 0.3 is 0 Å². The van der Waals surface area contributed by atoms with E-state index in [1.165, 1.54) is 12.1 Å². The van der Waals surface area contributed by atoms with Crippen LogP contribution in [0.25, 0.3) is 0 Å². The van der Waals surface area contributed by atoms with Crippen molar-refractivity contribution in [2.75, 3.05) is 12.4 Å². The van der Waals surface area contributed by atoms with Crippen LogP contribution in [-0.4, -0.2) is 26.9 Å². The number of rotatable bonds is 3. The van der Waals surface area contributed by atoms with E-state index in [9.17, 15) is 12.8 Å². The maximum absolute atomic E-state index is 12.7. The summed E-state index contributed by atoms with van der Waals surface area (Å²) in [5.41, 5.74) is 0. The Morgan fingerprint density at radius 1 is 1.31 bits per heavy atom. The second-order valence-electron chi connectivity index (χ2n) is 3.87. The Labute approximate surface area is 94.2 Å². The molecule has 0 amide bonds. The lowest BCUT2D eigenvalue weighted by Gasteiger charge is -2.09. The number of hydrogen-bond acceptors (Lipinski definition) is 3. The second kappa shape index (κ2) is 4.51. The van der Waals surface area contributed by atoms with Crippen LogP contribution in [0.5, 0.6) is 0 Å². The van der Waals surface area contributed by atoms with E-state index >= 15 is 0 Å². The highest BCUT2D eigenvalue weighted by Crippen LogP contribution is 2.19. The summed E-state index contributed by atoms with van der Waals surface area (Å²) < 4.78 is 41.7. The lowest BCUT2D eigenvalue weighted by atomic mass is 10.3. The van der Waals surface area contributed by atoms with Crippen molar-refractivity contribution in [1.29, 1.82) is 0 Å². The van der Waals surface area contributed by atoms with Gasteiger partial charge in [-0.1, -0.05) is 0 Å². The van der Waals surface area contributed by atoms with Crippen molar-refractivity contribution < 1.29 is 17.5 Å². The minimum Gasteiger partial charge on any atom is -0.377 e. The average Bonchev–Trinajstić information content (AvgIpc) is 2.70.